The minimum absolute atomic E-state index is 0.0273. The maximum atomic E-state index is 13.0. The molecule has 0 saturated heterocycles. The number of carbonyl (C=O) groups excluding carboxylic acids is 3. The summed E-state index contributed by atoms with van der Waals surface area (Å²) < 4.78 is 11.1. The van der Waals surface area contributed by atoms with Gasteiger partial charge in [0.1, 0.15) is 6.61 Å². The Labute approximate surface area is 197 Å². The van der Waals surface area contributed by atoms with Crippen molar-refractivity contribution < 1.29 is 23.9 Å². The third-order valence-electron chi connectivity index (χ3n) is 5.09. The zero-order valence-electron chi connectivity index (χ0n) is 18.9. The van der Waals surface area contributed by atoms with Crippen LogP contribution in [0.25, 0.3) is 0 Å². The van der Waals surface area contributed by atoms with Gasteiger partial charge in [0, 0.05) is 6.92 Å². The number of nitrogens with zero attached hydrogens (tertiary/aromatic N) is 2. The molecule has 0 aromatic heterocycles. The molecule has 1 aliphatic rings. The molecule has 0 bridgehead atoms. The minimum Gasteiger partial charge on any atom is -0.465 e. The number of rotatable bonds is 7. The number of aryl methyl sites for hydroxylation is 1. The number of halogens is 1. The Morgan fingerprint density at radius 3 is 2.52 bits per heavy atom. The summed E-state index contributed by atoms with van der Waals surface area (Å²) in [7, 11) is 0. The van der Waals surface area contributed by atoms with E-state index in [1.807, 2.05) is 43.3 Å². The molecule has 0 saturated carbocycles. The van der Waals surface area contributed by atoms with Crippen LogP contribution in [0.2, 0.25) is 5.02 Å². The lowest BCUT2D eigenvalue weighted by Gasteiger charge is -2.27. The Bertz CT molecular complexity index is 1090. The van der Waals surface area contributed by atoms with E-state index in [0.29, 0.717) is 17.3 Å². The highest BCUT2D eigenvalue weighted by Gasteiger charge is 2.44. The monoisotopic (exact) mass is 471 g/mol. The van der Waals surface area contributed by atoms with Gasteiger partial charge in [0.15, 0.2) is 5.78 Å². The lowest BCUT2D eigenvalue weighted by molar-refractivity contribution is -0.143. The second kappa shape index (κ2) is 10.0. The van der Waals surface area contributed by atoms with Crippen LogP contribution >= 0.6 is 11.6 Å². The molecule has 3 rings (SSSR count). The molecule has 2 aromatic rings. The highest BCUT2D eigenvalue weighted by molar-refractivity contribution is 6.34. The van der Waals surface area contributed by atoms with Crippen molar-refractivity contribution >= 4 is 46.5 Å². The van der Waals surface area contributed by atoms with Crippen LogP contribution in [0, 0.1) is 12.3 Å². The summed E-state index contributed by atoms with van der Waals surface area (Å²) in [6, 6.07) is 14.5. The molecule has 2 aromatic carbocycles. The van der Waals surface area contributed by atoms with Gasteiger partial charge in [0.25, 0.3) is 5.91 Å². The number of hydrogen-bond acceptors (Lipinski definition) is 7. The number of hydrogen-bond donors (Lipinski definition) is 1. The fraction of sp³-hybridized carbons (Fsp3) is 0.333. The van der Waals surface area contributed by atoms with Gasteiger partial charge in [-0.15, -0.1) is 5.10 Å². The molecule has 33 heavy (non-hydrogen) atoms. The van der Waals surface area contributed by atoms with E-state index in [1.165, 1.54) is 13.8 Å². The third kappa shape index (κ3) is 5.90. The fourth-order valence-electron chi connectivity index (χ4n) is 3.31. The van der Waals surface area contributed by atoms with Crippen LogP contribution in [0.15, 0.2) is 53.6 Å². The first-order chi connectivity index (χ1) is 15.6. The van der Waals surface area contributed by atoms with Gasteiger partial charge in [-0.05, 0) is 50.6 Å². The molecular weight excluding hydrogens is 446 g/mol. The van der Waals surface area contributed by atoms with Crippen molar-refractivity contribution in [3.8, 4) is 0 Å². The molecule has 1 heterocycles. The van der Waals surface area contributed by atoms with Crippen molar-refractivity contribution in [2.24, 2.45) is 10.5 Å². The van der Waals surface area contributed by atoms with E-state index in [9.17, 15) is 14.4 Å². The molecule has 0 spiro atoms. The van der Waals surface area contributed by atoms with Gasteiger partial charge >= 0.3 is 5.97 Å². The molecule has 0 radical (unpaired) electrons. The Hall–Kier alpha value is -3.39. The highest BCUT2D eigenvalue weighted by Crippen LogP contribution is 2.33. The molecule has 1 N–H and O–H groups in total. The fourth-order valence-corrected chi connectivity index (χ4v) is 3.48. The third-order valence-corrected chi connectivity index (χ3v) is 5.42. The number of para-hydroxylation sites is 1. The predicted octanol–water partition coefficient (Wildman–Crippen LogP) is 3.96. The Morgan fingerprint density at radius 2 is 1.88 bits per heavy atom. The topological polar surface area (TPSA) is 97.3 Å². The van der Waals surface area contributed by atoms with Crippen LogP contribution in [0.4, 0.5) is 11.4 Å². The van der Waals surface area contributed by atoms with Crippen molar-refractivity contribution in [3.63, 3.8) is 0 Å². The average molecular weight is 472 g/mol. The second-order valence-corrected chi connectivity index (χ2v) is 8.63. The van der Waals surface area contributed by atoms with E-state index < -0.39 is 29.2 Å². The van der Waals surface area contributed by atoms with Gasteiger partial charge in [0.05, 0.1) is 28.4 Å². The maximum Gasteiger partial charge on any atom is 0.302 e. The summed E-state index contributed by atoms with van der Waals surface area (Å²) in [4.78, 5) is 36.8. The standard InChI is InChI=1S/C24H26ClN3O5/c1-15-10-11-19(25)20(12-15)26-22(31)21(16(2)29)33-23-24(4,14-32-17(3)30)13-28(27-23)18-8-6-5-7-9-18/h5-12,21H,13-14H2,1-4H3,(H,26,31). The summed E-state index contributed by atoms with van der Waals surface area (Å²) in [5.74, 6) is -1.51. The molecule has 1 amide bonds. The number of Topliss-reactive ketones (excluding diaryl/α,β-unsaturated/α-hetero) is 1. The quantitative estimate of drug-likeness (QED) is 0.485. The lowest BCUT2D eigenvalue weighted by Crippen LogP contribution is -2.43. The van der Waals surface area contributed by atoms with Crippen LogP contribution in [-0.4, -0.2) is 42.8 Å². The van der Waals surface area contributed by atoms with Crippen LogP contribution < -0.4 is 10.3 Å². The molecule has 9 heteroatoms. The maximum absolute atomic E-state index is 13.0. The SMILES string of the molecule is CC(=O)OCC1(C)CN(c2ccccc2)N=C1OC(C(C)=O)C(=O)Nc1cc(C)ccc1Cl. The number of carbonyl (C=O) groups is 3. The first kappa shape index (κ1) is 24.3. The zero-order valence-corrected chi connectivity index (χ0v) is 19.7. The number of benzene rings is 2. The van der Waals surface area contributed by atoms with E-state index in [4.69, 9.17) is 21.1 Å². The van der Waals surface area contributed by atoms with Crippen molar-refractivity contribution in [1.29, 1.82) is 0 Å². The molecule has 0 aliphatic carbocycles. The number of ether oxygens (including phenoxy) is 2. The van der Waals surface area contributed by atoms with Crippen LogP contribution in [-0.2, 0) is 23.9 Å². The average Bonchev–Trinajstić information content (AvgIpc) is 3.10. The van der Waals surface area contributed by atoms with Crippen molar-refractivity contribution in [3.05, 3.63) is 59.1 Å². The Kier molecular flexibility index (Phi) is 7.38. The van der Waals surface area contributed by atoms with Gasteiger partial charge in [-0.25, -0.2) is 0 Å². The number of esters is 1. The van der Waals surface area contributed by atoms with Crippen LogP contribution in [0.5, 0.6) is 0 Å². The van der Waals surface area contributed by atoms with Crippen molar-refractivity contribution in [2.75, 3.05) is 23.5 Å². The molecule has 0 fully saturated rings. The number of anilines is 2. The number of ketones is 1. The minimum atomic E-state index is -1.47. The van der Waals surface area contributed by atoms with Crippen molar-refractivity contribution in [1.82, 2.24) is 0 Å². The van der Waals surface area contributed by atoms with E-state index in [1.54, 1.807) is 24.1 Å². The normalized spacial score (nSPS) is 18.3. The lowest BCUT2D eigenvalue weighted by atomic mass is 9.92. The molecule has 2 unspecified atom stereocenters. The van der Waals surface area contributed by atoms with Gasteiger partial charge in [-0.2, -0.15) is 0 Å². The summed E-state index contributed by atoms with van der Waals surface area (Å²) in [5, 5.41) is 9.19. The summed E-state index contributed by atoms with van der Waals surface area (Å²) in [6.07, 6.45) is -1.47. The summed E-state index contributed by atoms with van der Waals surface area (Å²) in [6.45, 7) is 6.52. The largest absolute Gasteiger partial charge is 0.465 e. The first-order valence-electron chi connectivity index (χ1n) is 10.4. The van der Waals surface area contributed by atoms with Crippen LogP contribution in [0.1, 0.15) is 26.3 Å². The highest BCUT2D eigenvalue weighted by atomic mass is 35.5. The van der Waals surface area contributed by atoms with Gasteiger partial charge in [-0.1, -0.05) is 35.9 Å². The number of amides is 1. The van der Waals surface area contributed by atoms with Crippen molar-refractivity contribution in [2.45, 2.75) is 33.8 Å². The van der Waals surface area contributed by atoms with E-state index in [0.717, 1.165) is 11.3 Å². The zero-order chi connectivity index (χ0) is 24.2. The number of hydrazone groups is 1. The van der Waals surface area contributed by atoms with E-state index in [-0.39, 0.29) is 12.5 Å². The van der Waals surface area contributed by atoms with E-state index >= 15 is 0 Å². The predicted molar refractivity (Wildman–Crippen MR) is 126 cm³/mol. The van der Waals surface area contributed by atoms with Crippen LogP contribution in [0.3, 0.4) is 0 Å². The molecular formula is C24H26ClN3O5. The van der Waals surface area contributed by atoms with E-state index in [2.05, 4.69) is 10.4 Å². The smallest absolute Gasteiger partial charge is 0.302 e. The Morgan fingerprint density at radius 1 is 1.18 bits per heavy atom. The molecule has 1 aliphatic heterocycles. The molecule has 8 nitrogen and oxygen atoms in total. The second-order valence-electron chi connectivity index (χ2n) is 8.22. The number of nitrogens with one attached hydrogen (secondary N) is 1. The van der Waals surface area contributed by atoms with Gasteiger partial charge in [-0.3, -0.25) is 19.4 Å². The Balaban J connectivity index is 1.88. The summed E-state index contributed by atoms with van der Waals surface area (Å²) >= 11 is 6.18. The molecule has 2 atom stereocenters. The van der Waals surface area contributed by atoms with Gasteiger partial charge in [0.2, 0.25) is 12.0 Å². The molecule has 174 valence electrons. The van der Waals surface area contributed by atoms with Gasteiger partial charge < -0.3 is 14.8 Å². The first-order valence-corrected chi connectivity index (χ1v) is 10.8. The summed E-state index contributed by atoms with van der Waals surface area (Å²) in [5.41, 5.74) is 1.18.